The average Bonchev–Trinajstić information content (AvgIpc) is 2.70. The molecule has 0 aliphatic carbocycles. The first-order chi connectivity index (χ1) is 8.75. The fourth-order valence-electron chi connectivity index (χ4n) is 2.71. The third-order valence-electron chi connectivity index (χ3n) is 3.71. The first kappa shape index (κ1) is 11.9. The second-order valence-corrected chi connectivity index (χ2v) is 5.48. The quantitative estimate of drug-likeness (QED) is 0.840. The summed E-state index contributed by atoms with van der Waals surface area (Å²) in [6.07, 6.45) is 2.40. The van der Waals surface area contributed by atoms with E-state index in [2.05, 4.69) is 34.7 Å². The Kier molecular flexibility index (Phi) is 3.22. The highest BCUT2D eigenvalue weighted by Crippen LogP contribution is 2.22. The Morgan fingerprint density at radius 3 is 3.17 bits per heavy atom. The molecule has 0 saturated carbocycles. The summed E-state index contributed by atoms with van der Waals surface area (Å²) in [5.41, 5.74) is 3.63. The lowest BCUT2D eigenvalue weighted by atomic mass is 10.0. The van der Waals surface area contributed by atoms with Crippen molar-refractivity contribution in [2.75, 3.05) is 13.2 Å². The van der Waals surface area contributed by atoms with Gasteiger partial charge in [0.1, 0.15) is 0 Å². The molecule has 1 aliphatic heterocycles. The maximum atomic E-state index is 5.55. The minimum Gasteiger partial charge on any atom is -0.381 e. The molecule has 1 fully saturated rings. The number of aryl methyl sites for hydroxylation is 1. The number of hydrogen-bond donors (Lipinski definition) is 1. The summed E-state index contributed by atoms with van der Waals surface area (Å²) in [6, 6.07) is 6.34. The zero-order valence-electron chi connectivity index (χ0n) is 10.6. The minimum absolute atomic E-state index is 0.588. The molecule has 1 N–H and O–H groups in total. The molecule has 1 aromatic carbocycles. The Morgan fingerprint density at radius 2 is 2.39 bits per heavy atom. The van der Waals surface area contributed by atoms with E-state index in [1.54, 1.807) is 0 Å². The summed E-state index contributed by atoms with van der Waals surface area (Å²) in [4.78, 5) is 3.32. The van der Waals surface area contributed by atoms with Gasteiger partial charge in [0, 0.05) is 19.1 Å². The molecular formula is C14H18N2OS. The summed E-state index contributed by atoms with van der Waals surface area (Å²) < 4.78 is 8.59. The first-order valence-corrected chi connectivity index (χ1v) is 6.92. The standard InChI is InChI=1S/C14H18N2OS/c1-10-4-2-6-12-13(10)15-14(18)16(12)8-11-5-3-7-17-9-11/h2,4,6,11H,3,5,7-9H2,1H3,(H,15,18). The highest BCUT2D eigenvalue weighted by molar-refractivity contribution is 7.71. The normalized spacial score (nSPS) is 20.4. The van der Waals surface area contributed by atoms with Gasteiger partial charge in [-0.15, -0.1) is 0 Å². The van der Waals surface area contributed by atoms with Crippen molar-refractivity contribution in [3.05, 3.63) is 28.5 Å². The van der Waals surface area contributed by atoms with Crippen molar-refractivity contribution in [1.29, 1.82) is 0 Å². The monoisotopic (exact) mass is 262 g/mol. The van der Waals surface area contributed by atoms with Gasteiger partial charge in [-0.3, -0.25) is 0 Å². The van der Waals surface area contributed by atoms with Crippen LogP contribution in [0.25, 0.3) is 11.0 Å². The molecule has 0 amide bonds. The van der Waals surface area contributed by atoms with Crippen LogP contribution < -0.4 is 0 Å². The number of fused-ring (bicyclic) bond motifs is 1. The Hall–Kier alpha value is -1.13. The Labute approximate surface area is 112 Å². The number of benzene rings is 1. The van der Waals surface area contributed by atoms with Gasteiger partial charge in [0.25, 0.3) is 0 Å². The molecule has 2 aromatic rings. The number of rotatable bonds is 2. The second-order valence-electron chi connectivity index (χ2n) is 5.09. The molecule has 0 bridgehead atoms. The number of nitrogens with zero attached hydrogens (tertiary/aromatic N) is 1. The van der Waals surface area contributed by atoms with Crippen LogP contribution in [-0.4, -0.2) is 22.8 Å². The van der Waals surface area contributed by atoms with Crippen molar-refractivity contribution >= 4 is 23.3 Å². The van der Waals surface area contributed by atoms with Crippen LogP contribution >= 0.6 is 12.2 Å². The Morgan fingerprint density at radius 1 is 1.50 bits per heavy atom. The molecule has 1 unspecified atom stereocenters. The number of ether oxygens (including phenoxy) is 1. The topological polar surface area (TPSA) is 29.9 Å². The highest BCUT2D eigenvalue weighted by Gasteiger charge is 2.16. The SMILES string of the molecule is Cc1cccc2c1[nH]c(=S)n2CC1CCCOC1. The smallest absolute Gasteiger partial charge is 0.178 e. The van der Waals surface area contributed by atoms with Crippen LogP contribution in [0.2, 0.25) is 0 Å². The van der Waals surface area contributed by atoms with Crippen molar-refractivity contribution in [3.63, 3.8) is 0 Å². The number of aromatic amines is 1. The number of nitrogens with one attached hydrogen (secondary N) is 1. The minimum atomic E-state index is 0.588. The molecule has 0 radical (unpaired) electrons. The molecule has 4 heteroatoms. The lowest BCUT2D eigenvalue weighted by Gasteiger charge is -2.22. The molecule has 96 valence electrons. The van der Waals surface area contributed by atoms with Gasteiger partial charge >= 0.3 is 0 Å². The fraction of sp³-hybridized carbons (Fsp3) is 0.500. The van der Waals surface area contributed by atoms with Crippen LogP contribution in [0.1, 0.15) is 18.4 Å². The molecule has 18 heavy (non-hydrogen) atoms. The largest absolute Gasteiger partial charge is 0.381 e. The summed E-state index contributed by atoms with van der Waals surface area (Å²) in [5, 5.41) is 0. The van der Waals surface area contributed by atoms with Crippen LogP contribution in [0.15, 0.2) is 18.2 Å². The van der Waals surface area contributed by atoms with Crippen molar-refractivity contribution < 1.29 is 4.74 Å². The number of H-pyrrole nitrogens is 1. The van der Waals surface area contributed by atoms with E-state index >= 15 is 0 Å². The summed E-state index contributed by atoms with van der Waals surface area (Å²) in [6.45, 7) is 4.85. The number of hydrogen-bond acceptors (Lipinski definition) is 2. The van der Waals surface area contributed by atoms with E-state index in [1.807, 2.05) is 0 Å². The molecule has 1 aromatic heterocycles. The van der Waals surface area contributed by atoms with Crippen LogP contribution in [0, 0.1) is 17.6 Å². The van der Waals surface area contributed by atoms with E-state index < -0.39 is 0 Å². The highest BCUT2D eigenvalue weighted by atomic mass is 32.1. The Bertz CT molecular complexity index is 608. The third kappa shape index (κ3) is 2.10. The van der Waals surface area contributed by atoms with Crippen molar-refractivity contribution in [1.82, 2.24) is 9.55 Å². The van der Waals surface area contributed by atoms with Gasteiger partial charge < -0.3 is 14.3 Å². The van der Waals surface area contributed by atoms with E-state index in [-0.39, 0.29) is 0 Å². The maximum absolute atomic E-state index is 5.55. The lowest BCUT2D eigenvalue weighted by Crippen LogP contribution is -2.22. The first-order valence-electron chi connectivity index (χ1n) is 6.51. The third-order valence-corrected chi connectivity index (χ3v) is 4.04. The van der Waals surface area contributed by atoms with Crippen LogP contribution in [0.3, 0.4) is 0 Å². The van der Waals surface area contributed by atoms with E-state index in [1.165, 1.54) is 29.4 Å². The van der Waals surface area contributed by atoms with Crippen LogP contribution in [-0.2, 0) is 11.3 Å². The lowest BCUT2D eigenvalue weighted by molar-refractivity contribution is 0.0486. The van der Waals surface area contributed by atoms with Gasteiger partial charge in [-0.2, -0.15) is 0 Å². The van der Waals surface area contributed by atoms with Crippen molar-refractivity contribution in [2.45, 2.75) is 26.3 Å². The zero-order chi connectivity index (χ0) is 12.5. The summed E-state index contributed by atoms with van der Waals surface area (Å²) in [5.74, 6) is 0.588. The molecule has 3 rings (SSSR count). The molecule has 1 saturated heterocycles. The number of aromatic nitrogens is 2. The Balaban J connectivity index is 1.98. The molecule has 3 nitrogen and oxygen atoms in total. The van der Waals surface area contributed by atoms with E-state index in [0.29, 0.717) is 5.92 Å². The van der Waals surface area contributed by atoms with Gasteiger partial charge in [-0.05, 0) is 43.6 Å². The molecule has 1 atom stereocenters. The van der Waals surface area contributed by atoms with E-state index in [0.717, 1.165) is 24.5 Å². The van der Waals surface area contributed by atoms with Gasteiger partial charge in [-0.1, -0.05) is 12.1 Å². The summed E-state index contributed by atoms with van der Waals surface area (Å²) >= 11 is 5.45. The van der Waals surface area contributed by atoms with Gasteiger partial charge in [0.05, 0.1) is 17.6 Å². The molecule has 2 heterocycles. The maximum Gasteiger partial charge on any atom is 0.178 e. The predicted octanol–water partition coefficient (Wildman–Crippen LogP) is 3.43. The van der Waals surface area contributed by atoms with E-state index in [9.17, 15) is 0 Å². The van der Waals surface area contributed by atoms with Crippen molar-refractivity contribution in [3.8, 4) is 0 Å². The van der Waals surface area contributed by atoms with Gasteiger partial charge in [0.2, 0.25) is 0 Å². The number of para-hydroxylation sites is 1. The van der Waals surface area contributed by atoms with Crippen LogP contribution in [0.5, 0.6) is 0 Å². The molecule has 1 aliphatic rings. The van der Waals surface area contributed by atoms with Gasteiger partial charge in [0.15, 0.2) is 4.77 Å². The second kappa shape index (κ2) is 4.86. The average molecular weight is 262 g/mol. The predicted molar refractivity (Wildman–Crippen MR) is 75.4 cm³/mol. The van der Waals surface area contributed by atoms with Crippen LogP contribution in [0.4, 0.5) is 0 Å². The van der Waals surface area contributed by atoms with Gasteiger partial charge in [-0.25, -0.2) is 0 Å². The number of imidazole rings is 1. The summed E-state index contributed by atoms with van der Waals surface area (Å²) in [7, 11) is 0. The van der Waals surface area contributed by atoms with Crippen molar-refractivity contribution in [2.24, 2.45) is 5.92 Å². The zero-order valence-corrected chi connectivity index (χ0v) is 11.4. The molecule has 0 spiro atoms. The fourth-order valence-corrected chi connectivity index (χ4v) is 2.99. The van der Waals surface area contributed by atoms with E-state index in [4.69, 9.17) is 17.0 Å². The molecular weight excluding hydrogens is 244 g/mol.